The Kier molecular flexibility index (Phi) is 5.44. The molecule has 122 valence electrons. The van der Waals surface area contributed by atoms with Crippen LogP contribution in [0.3, 0.4) is 0 Å². The molecule has 0 saturated carbocycles. The number of ether oxygens (including phenoxy) is 1. The standard InChI is InChI=1S/C20H30O2/c1-14(2)17-11-9-15(3)7-6-8-16(4)10-12-19-20(5,22-19)13-18(17)21/h8-9,11,14,19H,6-7,10,12-13H2,1-5H3/b15-9+,16-8+,17-11-/t19-,20-/m0/s1. The Morgan fingerprint density at radius 3 is 2.59 bits per heavy atom. The minimum atomic E-state index is -0.242. The van der Waals surface area contributed by atoms with Crippen LogP contribution in [0.5, 0.6) is 0 Å². The molecule has 0 radical (unpaired) electrons. The normalized spacial score (nSPS) is 38.0. The molecule has 22 heavy (non-hydrogen) atoms. The summed E-state index contributed by atoms with van der Waals surface area (Å²) in [5.41, 5.74) is 3.46. The highest BCUT2D eigenvalue weighted by molar-refractivity contribution is 5.96. The van der Waals surface area contributed by atoms with E-state index in [2.05, 4.69) is 46.8 Å². The first-order valence-corrected chi connectivity index (χ1v) is 8.56. The predicted octanol–water partition coefficient (Wildman–Crippen LogP) is 5.15. The predicted molar refractivity (Wildman–Crippen MR) is 91.8 cm³/mol. The average Bonchev–Trinajstić information content (AvgIpc) is 3.05. The molecule has 2 atom stereocenters. The molecular formula is C20H30O2. The van der Waals surface area contributed by atoms with E-state index in [1.54, 1.807) is 0 Å². The van der Waals surface area contributed by atoms with Crippen molar-refractivity contribution in [3.05, 3.63) is 34.9 Å². The molecule has 1 aliphatic heterocycles. The maximum atomic E-state index is 12.6. The summed E-state index contributed by atoms with van der Waals surface area (Å²) < 4.78 is 5.86. The van der Waals surface area contributed by atoms with Gasteiger partial charge >= 0.3 is 0 Å². The lowest BCUT2D eigenvalue weighted by molar-refractivity contribution is -0.117. The zero-order valence-corrected chi connectivity index (χ0v) is 14.7. The van der Waals surface area contributed by atoms with Gasteiger partial charge in [0, 0.05) is 6.42 Å². The number of hydrogen-bond donors (Lipinski definition) is 0. The monoisotopic (exact) mass is 302 g/mol. The summed E-state index contributed by atoms with van der Waals surface area (Å²) in [7, 11) is 0. The largest absolute Gasteiger partial charge is 0.366 e. The fourth-order valence-corrected chi connectivity index (χ4v) is 3.16. The van der Waals surface area contributed by atoms with E-state index in [0.29, 0.717) is 6.42 Å². The molecular weight excluding hydrogens is 272 g/mol. The summed E-state index contributed by atoms with van der Waals surface area (Å²) in [6.45, 7) is 10.6. The SMILES string of the molecule is C/C1=C\C=C(\C(C)C)C(=O)C[C@]2(C)O[C@H]2CC/C(C)=C/CC1. The molecule has 0 aromatic carbocycles. The third kappa shape index (κ3) is 4.42. The number of epoxide rings is 1. The van der Waals surface area contributed by atoms with E-state index in [0.717, 1.165) is 31.3 Å². The lowest BCUT2D eigenvalue weighted by atomic mass is 9.89. The molecule has 1 saturated heterocycles. The van der Waals surface area contributed by atoms with Gasteiger partial charge in [-0.25, -0.2) is 0 Å². The Morgan fingerprint density at radius 1 is 1.18 bits per heavy atom. The van der Waals surface area contributed by atoms with Crippen LogP contribution in [0.1, 0.15) is 66.7 Å². The summed E-state index contributed by atoms with van der Waals surface area (Å²) in [4.78, 5) is 12.6. The van der Waals surface area contributed by atoms with Gasteiger partial charge in [-0.05, 0) is 57.9 Å². The maximum Gasteiger partial charge on any atom is 0.162 e. The molecule has 1 fully saturated rings. The molecule has 0 unspecified atom stereocenters. The van der Waals surface area contributed by atoms with Gasteiger partial charge in [-0.15, -0.1) is 0 Å². The second-order valence-corrected chi connectivity index (χ2v) is 7.44. The van der Waals surface area contributed by atoms with Crippen molar-refractivity contribution in [1.29, 1.82) is 0 Å². The van der Waals surface area contributed by atoms with Crippen LogP contribution in [-0.2, 0) is 9.53 Å². The van der Waals surface area contributed by atoms with Gasteiger partial charge in [-0.3, -0.25) is 4.79 Å². The highest BCUT2D eigenvalue weighted by Gasteiger charge is 2.52. The van der Waals surface area contributed by atoms with E-state index in [9.17, 15) is 4.79 Å². The van der Waals surface area contributed by atoms with Crippen LogP contribution in [0.15, 0.2) is 34.9 Å². The van der Waals surface area contributed by atoms with Crippen molar-refractivity contribution in [3.63, 3.8) is 0 Å². The maximum absolute atomic E-state index is 12.6. The van der Waals surface area contributed by atoms with Gasteiger partial charge in [0.15, 0.2) is 5.78 Å². The number of rotatable bonds is 1. The first-order chi connectivity index (χ1) is 10.3. The second kappa shape index (κ2) is 6.95. The van der Waals surface area contributed by atoms with E-state index in [1.165, 1.54) is 11.1 Å². The van der Waals surface area contributed by atoms with Gasteiger partial charge in [0.05, 0.1) is 11.7 Å². The molecule has 0 amide bonds. The smallest absolute Gasteiger partial charge is 0.162 e. The number of allylic oxidation sites excluding steroid dienone is 6. The first kappa shape index (κ1) is 17.2. The Bertz CT molecular complexity index is 522. The molecule has 0 bridgehead atoms. The molecule has 1 heterocycles. The van der Waals surface area contributed by atoms with Gasteiger partial charge in [0.2, 0.25) is 0 Å². The molecule has 0 N–H and O–H groups in total. The quantitative estimate of drug-likeness (QED) is 0.495. The number of Topliss-reactive ketones (excluding diaryl/α,β-unsaturated/α-hetero) is 1. The topological polar surface area (TPSA) is 29.6 Å². The molecule has 2 heteroatoms. The van der Waals surface area contributed by atoms with Crippen molar-refractivity contribution in [2.45, 2.75) is 78.4 Å². The van der Waals surface area contributed by atoms with Gasteiger partial charge in [0.25, 0.3) is 0 Å². The molecule has 2 aliphatic rings. The second-order valence-electron chi connectivity index (χ2n) is 7.44. The van der Waals surface area contributed by atoms with Gasteiger partial charge < -0.3 is 4.74 Å². The lowest BCUT2D eigenvalue weighted by Gasteiger charge is -2.13. The summed E-state index contributed by atoms with van der Waals surface area (Å²) in [5.74, 6) is 0.501. The van der Waals surface area contributed by atoms with Gasteiger partial charge in [-0.1, -0.05) is 43.2 Å². The highest BCUT2D eigenvalue weighted by atomic mass is 16.6. The van der Waals surface area contributed by atoms with Crippen LogP contribution >= 0.6 is 0 Å². The first-order valence-electron chi connectivity index (χ1n) is 8.56. The molecule has 0 aromatic heterocycles. The average molecular weight is 302 g/mol. The Hall–Kier alpha value is -1.15. The van der Waals surface area contributed by atoms with Crippen LogP contribution in [-0.4, -0.2) is 17.5 Å². The van der Waals surface area contributed by atoms with E-state index < -0.39 is 0 Å². The van der Waals surface area contributed by atoms with Crippen molar-refractivity contribution in [1.82, 2.24) is 0 Å². The van der Waals surface area contributed by atoms with Crippen LogP contribution in [0.2, 0.25) is 0 Å². The number of hydrogen-bond acceptors (Lipinski definition) is 2. The fraction of sp³-hybridized carbons (Fsp3) is 0.650. The highest BCUT2D eigenvalue weighted by Crippen LogP contribution is 2.43. The summed E-state index contributed by atoms with van der Waals surface area (Å²) in [6, 6.07) is 0. The van der Waals surface area contributed by atoms with Gasteiger partial charge in [-0.2, -0.15) is 0 Å². The number of carbonyl (C=O) groups excluding carboxylic acids is 1. The molecule has 0 spiro atoms. The molecule has 1 aliphatic carbocycles. The van der Waals surface area contributed by atoms with Crippen molar-refractivity contribution in [2.75, 3.05) is 0 Å². The van der Waals surface area contributed by atoms with Crippen molar-refractivity contribution < 1.29 is 9.53 Å². The van der Waals surface area contributed by atoms with E-state index in [1.807, 2.05) is 6.08 Å². The molecule has 0 aromatic rings. The van der Waals surface area contributed by atoms with E-state index >= 15 is 0 Å². The van der Waals surface area contributed by atoms with E-state index in [-0.39, 0.29) is 23.4 Å². The van der Waals surface area contributed by atoms with Crippen molar-refractivity contribution in [3.8, 4) is 0 Å². The minimum absolute atomic E-state index is 0.242. The van der Waals surface area contributed by atoms with Crippen LogP contribution < -0.4 is 0 Å². The number of fused-ring (bicyclic) bond motifs is 1. The Morgan fingerprint density at radius 2 is 1.91 bits per heavy atom. The summed E-state index contributed by atoms with van der Waals surface area (Å²) in [6.07, 6.45) is 11.5. The third-order valence-electron chi connectivity index (χ3n) is 4.87. The van der Waals surface area contributed by atoms with Crippen molar-refractivity contribution in [2.24, 2.45) is 5.92 Å². The summed E-state index contributed by atoms with van der Waals surface area (Å²) >= 11 is 0. The van der Waals surface area contributed by atoms with Crippen LogP contribution in [0, 0.1) is 5.92 Å². The van der Waals surface area contributed by atoms with Gasteiger partial charge in [0.1, 0.15) is 0 Å². The number of carbonyl (C=O) groups is 1. The molecule has 2 nitrogen and oxygen atoms in total. The fourth-order valence-electron chi connectivity index (χ4n) is 3.16. The molecule has 2 rings (SSSR count). The van der Waals surface area contributed by atoms with Crippen LogP contribution in [0.4, 0.5) is 0 Å². The zero-order valence-electron chi connectivity index (χ0n) is 14.7. The lowest BCUT2D eigenvalue weighted by Crippen LogP contribution is -2.19. The minimum Gasteiger partial charge on any atom is -0.366 e. The Labute approximate surface area is 135 Å². The number of ketones is 1. The zero-order chi connectivity index (χ0) is 16.3. The summed E-state index contributed by atoms with van der Waals surface area (Å²) in [5, 5.41) is 0. The van der Waals surface area contributed by atoms with Crippen molar-refractivity contribution >= 4 is 5.78 Å². The third-order valence-corrected chi connectivity index (χ3v) is 4.87. The van der Waals surface area contributed by atoms with E-state index in [4.69, 9.17) is 4.74 Å². The Balaban J connectivity index is 2.23. The van der Waals surface area contributed by atoms with Crippen LogP contribution in [0.25, 0.3) is 0 Å².